The molecule has 11 heteroatoms. The van der Waals surface area contributed by atoms with Gasteiger partial charge in [0.2, 0.25) is 0 Å². The number of benzene rings is 2. The van der Waals surface area contributed by atoms with E-state index in [-0.39, 0.29) is 57.5 Å². The molecule has 1 saturated heterocycles. The molecule has 1 fully saturated rings. The predicted molar refractivity (Wildman–Crippen MR) is 138 cm³/mol. The van der Waals surface area contributed by atoms with Crippen LogP contribution in [-0.2, 0) is 11.3 Å². The summed E-state index contributed by atoms with van der Waals surface area (Å²) in [6, 6.07) is 7.16. The first-order valence-corrected chi connectivity index (χ1v) is 12.7. The third kappa shape index (κ3) is 3.40. The first-order chi connectivity index (χ1) is 18.2. The Morgan fingerprint density at radius 1 is 1.16 bits per heavy atom. The number of thiophene rings is 1. The average molecular weight is 536 g/mol. The molecule has 7 nitrogen and oxygen atoms in total. The van der Waals surface area contributed by atoms with E-state index in [0.717, 1.165) is 11.3 Å². The van der Waals surface area contributed by atoms with Gasteiger partial charge < -0.3 is 20.1 Å². The fraction of sp³-hybridized carbons (Fsp3) is 0.222. The van der Waals surface area contributed by atoms with Gasteiger partial charge in [0.1, 0.15) is 22.7 Å². The molecule has 0 unspecified atom stereocenters. The molecular formula is C27H20F3N5O2S. The first kappa shape index (κ1) is 24.1. The number of aromatic nitrogens is 1. The van der Waals surface area contributed by atoms with Crippen LogP contribution in [0.4, 0.5) is 18.2 Å². The number of nitriles is 1. The molecule has 2 aromatic heterocycles. The molecule has 4 heterocycles. The number of nitrogens with zero attached hydrogens (tertiary/aromatic N) is 4. The van der Waals surface area contributed by atoms with Crippen LogP contribution in [0.2, 0.25) is 0 Å². The number of nitrogens with two attached hydrogens (primary N) is 1. The zero-order valence-corrected chi connectivity index (χ0v) is 20.7. The number of carbonyl (C=O) groups excluding carboxylic acids is 2. The molecule has 0 spiro atoms. The van der Waals surface area contributed by atoms with Crippen LogP contribution >= 0.6 is 11.3 Å². The van der Waals surface area contributed by atoms with Crippen LogP contribution in [0.25, 0.3) is 32.1 Å². The van der Waals surface area contributed by atoms with Crippen LogP contribution < -0.4 is 5.73 Å². The maximum absolute atomic E-state index is 16.0. The lowest BCUT2D eigenvalue weighted by Crippen LogP contribution is -2.57. The van der Waals surface area contributed by atoms with Crippen molar-refractivity contribution in [2.24, 2.45) is 0 Å². The summed E-state index contributed by atoms with van der Waals surface area (Å²) in [7, 11) is 0. The first-order valence-electron chi connectivity index (χ1n) is 11.9. The van der Waals surface area contributed by atoms with E-state index in [1.807, 2.05) is 10.6 Å². The zero-order valence-electron chi connectivity index (χ0n) is 19.9. The minimum absolute atomic E-state index is 0.0824. The third-order valence-electron chi connectivity index (χ3n) is 7.39. The number of nitrogen functional groups attached to an aromatic ring is 1. The standard InChI is InChI=1S/C27H20F3N5O2S/c1-13(28)26(36)34-8-9-35-14(12-34)4-6-33-7-5-16-21(20(30)10-17(23(16)33)27(35)37)15-2-3-19(29)24-22(15)18(11-31)25(32)38-24/h2-3,5,7,10,14H,1,4,6,8-9,12,32H2/t14-/m0/s1. The van der Waals surface area contributed by atoms with Gasteiger partial charge in [0.25, 0.3) is 11.8 Å². The van der Waals surface area contributed by atoms with Gasteiger partial charge in [-0.05, 0) is 30.2 Å². The summed E-state index contributed by atoms with van der Waals surface area (Å²) < 4.78 is 46.1. The minimum Gasteiger partial charge on any atom is -0.389 e. The van der Waals surface area contributed by atoms with Gasteiger partial charge in [-0.3, -0.25) is 9.59 Å². The molecule has 38 heavy (non-hydrogen) atoms. The van der Waals surface area contributed by atoms with E-state index in [0.29, 0.717) is 29.4 Å². The van der Waals surface area contributed by atoms with E-state index in [1.165, 1.54) is 23.1 Å². The van der Waals surface area contributed by atoms with Crippen molar-refractivity contribution in [3.8, 4) is 17.2 Å². The minimum atomic E-state index is -1.05. The van der Waals surface area contributed by atoms with E-state index < -0.39 is 29.3 Å². The van der Waals surface area contributed by atoms with Crippen LogP contribution in [0.15, 0.2) is 42.9 Å². The van der Waals surface area contributed by atoms with E-state index in [4.69, 9.17) is 5.73 Å². The van der Waals surface area contributed by atoms with Gasteiger partial charge in [0.05, 0.1) is 27.4 Å². The van der Waals surface area contributed by atoms with Gasteiger partial charge in [-0.15, -0.1) is 11.3 Å². The number of aryl methyl sites for hydroxylation is 1. The molecule has 2 aromatic carbocycles. The van der Waals surface area contributed by atoms with Crippen LogP contribution in [0.3, 0.4) is 0 Å². The molecule has 2 amide bonds. The second-order valence-electron chi connectivity index (χ2n) is 9.40. The number of anilines is 1. The lowest BCUT2D eigenvalue weighted by atomic mass is 9.93. The lowest BCUT2D eigenvalue weighted by Gasteiger charge is -2.42. The molecule has 0 aliphatic carbocycles. The lowest BCUT2D eigenvalue weighted by molar-refractivity contribution is -0.131. The average Bonchev–Trinajstić information content (AvgIpc) is 3.47. The molecule has 2 aliphatic rings. The fourth-order valence-corrected chi connectivity index (χ4v) is 6.62. The Morgan fingerprint density at radius 3 is 2.68 bits per heavy atom. The Balaban J connectivity index is 1.51. The number of carbonyl (C=O) groups is 2. The summed E-state index contributed by atoms with van der Waals surface area (Å²) in [5.74, 6) is -3.49. The highest BCUT2D eigenvalue weighted by atomic mass is 32.1. The topological polar surface area (TPSA) is 95.4 Å². The fourth-order valence-electron chi connectivity index (χ4n) is 5.67. The molecule has 0 radical (unpaired) electrons. The summed E-state index contributed by atoms with van der Waals surface area (Å²) in [6.07, 6.45) is 2.24. The zero-order chi connectivity index (χ0) is 26.9. The maximum atomic E-state index is 16.0. The second-order valence-corrected chi connectivity index (χ2v) is 10.5. The molecule has 0 bridgehead atoms. The molecule has 0 saturated carbocycles. The quantitative estimate of drug-likeness (QED) is 0.373. The van der Waals surface area contributed by atoms with Gasteiger partial charge in [-0.2, -0.15) is 5.26 Å². The van der Waals surface area contributed by atoms with E-state index in [1.54, 1.807) is 17.2 Å². The van der Waals surface area contributed by atoms with Crippen molar-refractivity contribution >= 4 is 49.1 Å². The molecule has 6 rings (SSSR count). The van der Waals surface area contributed by atoms with Crippen LogP contribution in [0.1, 0.15) is 22.3 Å². The van der Waals surface area contributed by atoms with Crippen molar-refractivity contribution in [1.29, 1.82) is 5.26 Å². The summed E-state index contributed by atoms with van der Waals surface area (Å²) in [5.41, 5.74) is 7.23. The van der Waals surface area contributed by atoms with Gasteiger partial charge >= 0.3 is 0 Å². The van der Waals surface area contributed by atoms with Crippen molar-refractivity contribution in [1.82, 2.24) is 14.4 Å². The SMILES string of the molecule is C=C(F)C(=O)N1CCN2C(=O)c3cc(F)c(-c4ccc(F)c5sc(N)c(C#N)c45)c4ccn(c34)CC[C@H]2C1. The normalized spacial score (nSPS) is 17.3. The number of piperazine rings is 1. The third-order valence-corrected chi connectivity index (χ3v) is 8.42. The van der Waals surface area contributed by atoms with Gasteiger partial charge in [0, 0.05) is 48.7 Å². The molecular weight excluding hydrogens is 515 g/mol. The van der Waals surface area contributed by atoms with E-state index >= 15 is 4.39 Å². The Labute approximate surface area is 218 Å². The Kier molecular flexibility index (Phi) is 5.47. The van der Waals surface area contributed by atoms with Crippen molar-refractivity contribution < 1.29 is 22.8 Å². The Morgan fingerprint density at radius 2 is 1.95 bits per heavy atom. The summed E-state index contributed by atoms with van der Waals surface area (Å²) in [6.45, 7) is 4.00. The van der Waals surface area contributed by atoms with Crippen LogP contribution in [0.5, 0.6) is 0 Å². The van der Waals surface area contributed by atoms with Crippen molar-refractivity contribution in [2.45, 2.75) is 19.0 Å². The maximum Gasteiger partial charge on any atom is 0.282 e. The molecule has 4 aromatic rings. The number of hydrogen-bond acceptors (Lipinski definition) is 5. The molecule has 192 valence electrons. The van der Waals surface area contributed by atoms with E-state index in [9.17, 15) is 23.6 Å². The van der Waals surface area contributed by atoms with Crippen molar-refractivity contribution in [2.75, 3.05) is 25.4 Å². The van der Waals surface area contributed by atoms with Crippen molar-refractivity contribution in [3.05, 3.63) is 65.6 Å². The summed E-state index contributed by atoms with van der Waals surface area (Å²) >= 11 is 0.932. The van der Waals surface area contributed by atoms with Gasteiger partial charge in [0.15, 0.2) is 5.83 Å². The largest absolute Gasteiger partial charge is 0.389 e. The number of amides is 2. The van der Waals surface area contributed by atoms with Gasteiger partial charge in [-0.1, -0.05) is 12.6 Å². The highest BCUT2D eigenvalue weighted by Crippen LogP contribution is 2.44. The Bertz CT molecular complexity index is 1750. The van der Waals surface area contributed by atoms with Gasteiger partial charge in [-0.25, -0.2) is 13.2 Å². The smallest absolute Gasteiger partial charge is 0.282 e. The summed E-state index contributed by atoms with van der Waals surface area (Å²) in [5, 5.41) is 10.5. The van der Waals surface area contributed by atoms with Crippen LogP contribution in [0, 0.1) is 23.0 Å². The van der Waals surface area contributed by atoms with Crippen molar-refractivity contribution in [3.63, 3.8) is 0 Å². The van der Waals surface area contributed by atoms with Crippen LogP contribution in [-0.4, -0.2) is 51.9 Å². The molecule has 1 atom stereocenters. The monoisotopic (exact) mass is 535 g/mol. The number of fused-ring (bicyclic) bond motifs is 2. The number of hydrogen-bond donors (Lipinski definition) is 1. The number of rotatable bonds is 2. The highest BCUT2D eigenvalue weighted by Gasteiger charge is 2.36. The summed E-state index contributed by atoms with van der Waals surface area (Å²) in [4.78, 5) is 28.8. The van der Waals surface area contributed by atoms with E-state index in [2.05, 4.69) is 6.58 Å². The predicted octanol–water partition coefficient (Wildman–Crippen LogP) is 4.79. The highest BCUT2D eigenvalue weighted by molar-refractivity contribution is 7.23. The number of halogens is 3. The molecule has 2 N–H and O–H groups in total. The Hall–Kier alpha value is -4.30. The second kappa shape index (κ2) is 8.63. The molecule has 2 aliphatic heterocycles.